The van der Waals surface area contributed by atoms with Crippen molar-refractivity contribution in [1.29, 1.82) is 5.26 Å². The lowest BCUT2D eigenvalue weighted by molar-refractivity contribution is -0.119. The quantitative estimate of drug-likeness (QED) is 0.838. The van der Waals surface area contributed by atoms with E-state index >= 15 is 0 Å². The molecule has 4 heteroatoms. The van der Waals surface area contributed by atoms with Crippen LogP contribution in [0.2, 0.25) is 0 Å². The normalized spacial score (nSPS) is 17.5. The summed E-state index contributed by atoms with van der Waals surface area (Å²) in [7, 11) is 0. The molecule has 0 bridgehead atoms. The number of nitriles is 1. The number of carbonyl (C=O) groups excluding carboxylic acids is 1. The number of hydrogen-bond donors (Lipinski definition) is 1. The van der Waals surface area contributed by atoms with E-state index < -0.39 is 0 Å². The van der Waals surface area contributed by atoms with Crippen molar-refractivity contribution in [2.75, 3.05) is 18.0 Å². The summed E-state index contributed by atoms with van der Waals surface area (Å²) >= 11 is 0. The third-order valence-electron chi connectivity index (χ3n) is 3.36. The van der Waals surface area contributed by atoms with Gasteiger partial charge in [-0.3, -0.25) is 4.79 Å². The first-order valence-corrected chi connectivity index (χ1v) is 6.67. The maximum Gasteiger partial charge on any atom is 0.217 e. The number of nitrogens with one attached hydrogen (secondary N) is 1. The van der Waals surface area contributed by atoms with Crippen LogP contribution in [0.1, 0.15) is 25.3 Å². The molecule has 0 aliphatic carbocycles. The molecule has 1 aromatic rings. The Labute approximate surface area is 114 Å². The summed E-state index contributed by atoms with van der Waals surface area (Å²) in [6.45, 7) is 3.24. The zero-order chi connectivity index (χ0) is 13.7. The van der Waals surface area contributed by atoms with Crippen LogP contribution >= 0.6 is 0 Å². The second-order valence-electron chi connectivity index (χ2n) is 4.94. The van der Waals surface area contributed by atoms with Crippen LogP contribution in [0.5, 0.6) is 0 Å². The van der Waals surface area contributed by atoms with Gasteiger partial charge in [0.15, 0.2) is 0 Å². The van der Waals surface area contributed by atoms with Gasteiger partial charge in [-0.1, -0.05) is 18.2 Å². The average molecular weight is 257 g/mol. The van der Waals surface area contributed by atoms with E-state index in [1.165, 1.54) is 11.3 Å². The van der Waals surface area contributed by atoms with E-state index in [-0.39, 0.29) is 11.9 Å². The fourth-order valence-electron chi connectivity index (χ4n) is 2.63. The molecule has 1 aliphatic rings. The molecule has 100 valence electrons. The van der Waals surface area contributed by atoms with Gasteiger partial charge in [-0.2, -0.15) is 5.26 Å². The van der Waals surface area contributed by atoms with Crippen molar-refractivity contribution in [3.63, 3.8) is 0 Å². The lowest BCUT2D eigenvalue weighted by Crippen LogP contribution is -2.48. The van der Waals surface area contributed by atoms with Gasteiger partial charge in [0, 0.05) is 32.1 Å². The van der Waals surface area contributed by atoms with Gasteiger partial charge in [-0.15, -0.1) is 0 Å². The highest BCUT2D eigenvalue weighted by molar-refractivity contribution is 5.73. The second-order valence-corrected chi connectivity index (χ2v) is 4.94. The Balaban J connectivity index is 2.12. The van der Waals surface area contributed by atoms with Gasteiger partial charge < -0.3 is 10.2 Å². The maximum atomic E-state index is 11.2. The number of rotatable bonds is 4. The molecule has 4 nitrogen and oxygen atoms in total. The first-order chi connectivity index (χ1) is 9.20. The van der Waals surface area contributed by atoms with Crippen LogP contribution in [0.15, 0.2) is 24.3 Å². The van der Waals surface area contributed by atoms with Gasteiger partial charge in [-0.25, -0.2) is 0 Å². The summed E-state index contributed by atoms with van der Waals surface area (Å²) in [5.41, 5.74) is 2.51. The lowest BCUT2D eigenvalue weighted by atomic mass is 9.97. The van der Waals surface area contributed by atoms with Crippen molar-refractivity contribution in [3.05, 3.63) is 29.8 Å². The van der Waals surface area contributed by atoms with Crippen LogP contribution in [-0.2, 0) is 11.2 Å². The highest BCUT2D eigenvalue weighted by Gasteiger charge is 2.24. The Morgan fingerprint density at radius 1 is 1.53 bits per heavy atom. The van der Waals surface area contributed by atoms with Gasteiger partial charge in [0.05, 0.1) is 12.1 Å². The first kappa shape index (κ1) is 13.4. The Bertz CT molecular complexity index is 492. The number of nitrogens with zero attached hydrogens (tertiary/aromatic N) is 2. The van der Waals surface area contributed by atoms with Crippen LogP contribution in [0.4, 0.5) is 5.69 Å². The lowest BCUT2D eigenvalue weighted by Gasteiger charge is -2.36. The van der Waals surface area contributed by atoms with Crippen LogP contribution in [0, 0.1) is 11.3 Å². The fourth-order valence-corrected chi connectivity index (χ4v) is 2.63. The van der Waals surface area contributed by atoms with Gasteiger partial charge in [0.25, 0.3) is 0 Å². The van der Waals surface area contributed by atoms with Crippen LogP contribution in [0.3, 0.4) is 0 Å². The molecule has 0 spiro atoms. The van der Waals surface area contributed by atoms with Crippen molar-refractivity contribution in [3.8, 4) is 6.07 Å². The third-order valence-corrected chi connectivity index (χ3v) is 3.36. The minimum absolute atomic E-state index is 0.0151. The summed E-state index contributed by atoms with van der Waals surface area (Å²) in [5.74, 6) is 0.0151. The summed E-state index contributed by atoms with van der Waals surface area (Å²) < 4.78 is 0. The molecular weight excluding hydrogens is 238 g/mol. The Kier molecular flexibility index (Phi) is 4.40. The number of anilines is 1. The molecule has 1 amide bonds. The van der Waals surface area contributed by atoms with Crippen LogP contribution in [0.25, 0.3) is 0 Å². The third kappa shape index (κ3) is 3.47. The Hall–Kier alpha value is -2.02. The first-order valence-electron chi connectivity index (χ1n) is 6.67. The summed E-state index contributed by atoms with van der Waals surface area (Å²) in [6, 6.07) is 10.6. The number of amides is 1. The molecular formula is C15H19N3O. The monoisotopic (exact) mass is 257 g/mol. The highest BCUT2D eigenvalue weighted by Crippen LogP contribution is 2.27. The predicted molar refractivity (Wildman–Crippen MR) is 74.8 cm³/mol. The van der Waals surface area contributed by atoms with E-state index in [1.807, 2.05) is 12.1 Å². The molecule has 0 saturated heterocycles. The molecule has 1 aromatic carbocycles. The molecule has 0 aromatic heterocycles. The number of hydrogen-bond acceptors (Lipinski definition) is 3. The van der Waals surface area contributed by atoms with Gasteiger partial charge >= 0.3 is 0 Å². The zero-order valence-electron chi connectivity index (χ0n) is 11.2. The average Bonchev–Trinajstić information content (AvgIpc) is 2.38. The van der Waals surface area contributed by atoms with Gasteiger partial charge in [-0.05, 0) is 24.5 Å². The maximum absolute atomic E-state index is 11.2. The van der Waals surface area contributed by atoms with E-state index in [9.17, 15) is 4.79 Å². The topological polar surface area (TPSA) is 56.1 Å². The van der Waals surface area contributed by atoms with Gasteiger partial charge in [0.1, 0.15) is 0 Å². The number of unbranched alkanes of at least 4 members (excludes halogenated alkanes) is 1. The minimum Gasteiger partial charge on any atom is -0.369 e. The molecule has 0 fully saturated rings. The molecule has 1 unspecified atom stereocenters. The number of carbonyl (C=O) groups is 1. The molecule has 1 atom stereocenters. The standard InChI is InChI=1S/C15H19N3O/c1-12(19)17-14-10-13-6-2-3-7-15(13)18(11-14)9-5-4-8-16/h2-3,6-7,14H,4-5,9-11H2,1H3,(H,17,19). The van der Waals surface area contributed by atoms with Crippen molar-refractivity contribution in [1.82, 2.24) is 5.32 Å². The Morgan fingerprint density at radius 3 is 3.05 bits per heavy atom. The summed E-state index contributed by atoms with van der Waals surface area (Å²) in [4.78, 5) is 13.5. The van der Waals surface area contributed by atoms with Crippen LogP contribution in [-0.4, -0.2) is 25.0 Å². The van der Waals surface area contributed by atoms with E-state index in [4.69, 9.17) is 5.26 Å². The zero-order valence-corrected chi connectivity index (χ0v) is 11.2. The minimum atomic E-state index is 0.0151. The number of fused-ring (bicyclic) bond motifs is 1. The summed E-state index contributed by atoms with van der Waals surface area (Å²) in [6.07, 6.45) is 2.31. The van der Waals surface area contributed by atoms with E-state index in [0.29, 0.717) is 6.42 Å². The largest absolute Gasteiger partial charge is 0.369 e. The van der Waals surface area contributed by atoms with E-state index in [1.54, 1.807) is 6.92 Å². The van der Waals surface area contributed by atoms with E-state index in [0.717, 1.165) is 25.9 Å². The molecule has 0 saturated carbocycles. The van der Waals surface area contributed by atoms with E-state index in [2.05, 4.69) is 28.4 Å². The number of benzene rings is 1. The van der Waals surface area contributed by atoms with Crippen molar-refractivity contribution >= 4 is 11.6 Å². The van der Waals surface area contributed by atoms with Gasteiger partial charge in [0.2, 0.25) is 5.91 Å². The van der Waals surface area contributed by atoms with Crippen molar-refractivity contribution < 1.29 is 4.79 Å². The number of para-hydroxylation sites is 1. The van der Waals surface area contributed by atoms with Crippen molar-refractivity contribution in [2.45, 2.75) is 32.2 Å². The molecule has 1 heterocycles. The fraction of sp³-hybridized carbons (Fsp3) is 0.467. The second kappa shape index (κ2) is 6.24. The molecule has 0 radical (unpaired) electrons. The molecule has 1 N–H and O–H groups in total. The SMILES string of the molecule is CC(=O)NC1Cc2ccccc2N(CCCC#N)C1. The molecule has 1 aliphatic heterocycles. The Morgan fingerprint density at radius 2 is 2.32 bits per heavy atom. The summed E-state index contributed by atoms with van der Waals surface area (Å²) in [5, 5.41) is 11.6. The van der Waals surface area contributed by atoms with Crippen molar-refractivity contribution in [2.24, 2.45) is 0 Å². The molecule has 19 heavy (non-hydrogen) atoms. The highest BCUT2D eigenvalue weighted by atomic mass is 16.1. The smallest absolute Gasteiger partial charge is 0.217 e. The predicted octanol–water partition coefficient (Wildman–Crippen LogP) is 1.86. The molecule has 2 rings (SSSR count). The van der Waals surface area contributed by atoms with Crippen LogP contribution < -0.4 is 10.2 Å².